The number of H-pyrrole nitrogens is 1. The molecule has 1 fully saturated rings. The Hall–Kier alpha value is -1.46. The van der Waals surface area contributed by atoms with Crippen LogP contribution in [0.25, 0.3) is 10.6 Å². The average Bonchev–Trinajstić information content (AvgIpc) is 3.19. The monoisotopic (exact) mass is 317 g/mol. The lowest BCUT2D eigenvalue weighted by Gasteiger charge is -2.13. The third-order valence-corrected chi connectivity index (χ3v) is 5.36. The van der Waals surface area contributed by atoms with Gasteiger partial charge in [0.2, 0.25) is 0 Å². The van der Waals surface area contributed by atoms with E-state index in [1.165, 1.54) is 62.7 Å². The maximum absolute atomic E-state index is 11.0. The number of unbranched alkanes of at least 4 members (excludes halogenated alkanes) is 2. The molecular formula is C17H23N3OS. The van der Waals surface area contributed by atoms with Crippen molar-refractivity contribution in [3.63, 3.8) is 0 Å². The largest absolute Gasteiger partial charge is 0.303 e. The van der Waals surface area contributed by atoms with Gasteiger partial charge in [-0.1, -0.05) is 6.42 Å². The molecule has 0 bridgehead atoms. The Balaban J connectivity index is 1.41. The first-order chi connectivity index (χ1) is 10.8. The molecule has 3 heterocycles. The van der Waals surface area contributed by atoms with Gasteiger partial charge in [0.05, 0.1) is 4.88 Å². The Kier molecular flexibility index (Phi) is 5.40. The molecule has 1 aliphatic heterocycles. The summed E-state index contributed by atoms with van der Waals surface area (Å²) >= 11 is 1.78. The number of hydrogen-bond donors (Lipinski definition) is 1. The van der Waals surface area contributed by atoms with Gasteiger partial charge in [0.1, 0.15) is 5.69 Å². The van der Waals surface area contributed by atoms with Crippen molar-refractivity contribution in [3.05, 3.63) is 39.5 Å². The van der Waals surface area contributed by atoms with Crippen molar-refractivity contribution in [2.75, 3.05) is 19.6 Å². The smallest absolute Gasteiger partial charge is 0.264 e. The minimum absolute atomic E-state index is 0.154. The predicted octanol–water partition coefficient (Wildman–Crippen LogP) is 3.31. The van der Waals surface area contributed by atoms with Crippen LogP contribution >= 0.6 is 11.3 Å². The number of aromatic nitrogens is 2. The maximum atomic E-state index is 11.0. The van der Waals surface area contributed by atoms with E-state index < -0.39 is 0 Å². The van der Waals surface area contributed by atoms with Crippen molar-refractivity contribution in [3.8, 4) is 10.6 Å². The number of nitrogens with one attached hydrogen (secondary N) is 1. The molecule has 0 aromatic carbocycles. The van der Waals surface area contributed by atoms with Gasteiger partial charge < -0.3 is 4.90 Å². The molecule has 0 saturated carbocycles. The van der Waals surface area contributed by atoms with Crippen LogP contribution in [0.1, 0.15) is 37.0 Å². The van der Waals surface area contributed by atoms with Crippen LogP contribution in [0.5, 0.6) is 0 Å². The van der Waals surface area contributed by atoms with Crippen LogP contribution in [0.15, 0.2) is 29.1 Å². The molecule has 5 heteroatoms. The van der Waals surface area contributed by atoms with Crippen molar-refractivity contribution in [2.45, 2.75) is 38.5 Å². The Morgan fingerprint density at radius 1 is 1.09 bits per heavy atom. The van der Waals surface area contributed by atoms with Crippen LogP contribution in [-0.2, 0) is 6.42 Å². The molecule has 1 aliphatic rings. The molecule has 0 spiro atoms. The van der Waals surface area contributed by atoms with Crippen molar-refractivity contribution >= 4 is 11.3 Å². The SMILES string of the molecule is O=c1ccc(-c2ccc(CCCCCN3CCCC3)s2)n[nH]1. The highest BCUT2D eigenvalue weighted by Gasteiger charge is 2.10. The average molecular weight is 317 g/mol. The Morgan fingerprint density at radius 2 is 1.95 bits per heavy atom. The fraction of sp³-hybridized carbons (Fsp3) is 0.529. The van der Waals surface area contributed by atoms with E-state index >= 15 is 0 Å². The van der Waals surface area contributed by atoms with Gasteiger partial charge in [-0.05, 0) is 69.9 Å². The molecule has 3 rings (SSSR count). The van der Waals surface area contributed by atoms with Crippen molar-refractivity contribution in [1.82, 2.24) is 15.1 Å². The maximum Gasteiger partial charge on any atom is 0.264 e. The number of thiophene rings is 1. The summed E-state index contributed by atoms with van der Waals surface area (Å²) < 4.78 is 0. The molecule has 1 saturated heterocycles. The van der Waals surface area contributed by atoms with Gasteiger partial charge in [0.15, 0.2) is 0 Å². The molecule has 0 amide bonds. The molecule has 0 aliphatic carbocycles. The molecule has 1 N–H and O–H groups in total. The van der Waals surface area contributed by atoms with E-state index in [1.54, 1.807) is 17.4 Å². The first kappa shape index (κ1) is 15.4. The highest BCUT2D eigenvalue weighted by atomic mass is 32.1. The predicted molar refractivity (Wildman–Crippen MR) is 91.4 cm³/mol. The third-order valence-electron chi connectivity index (χ3n) is 4.19. The molecule has 118 valence electrons. The van der Waals surface area contributed by atoms with Gasteiger partial charge in [0.25, 0.3) is 5.56 Å². The number of aromatic amines is 1. The fourth-order valence-corrected chi connectivity index (χ4v) is 3.97. The lowest BCUT2D eigenvalue weighted by Crippen LogP contribution is -2.20. The highest BCUT2D eigenvalue weighted by Crippen LogP contribution is 2.26. The summed E-state index contributed by atoms with van der Waals surface area (Å²) in [4.78, 5) is 16.2. The molecule has 22 heavy (non-hydrogen) atoms. The second kappa shape index (κ2) is 7.70. The molecule has 0 radical (unpaired) electrons. The van der Waals surface area contributed by atoms with E-state index in [9.17, 15) is 4.79 Å². The van der Waals surface area contributed by atoms with E-state index in [-0.39, 0.29) is 5.56 Å². The van der Waals surface area contributed by atoms with Gasteiger partial charge in [-0.3, -0.25) is 4.79 Å². The summed E-state index contributed by atoms with van der Waals surface area (Å²) in [5, 5.41) is 6.57. The van der Waals surface area contributed by atoms with E-state index in [4.69, 9.17) is 0 Å². The Bertz CT molecular complexity index is 623. The van der Waals surface area contributed by atoms with Gasteiger partial charge >= 0.3 is 0 Å². The van der Waals surface area contributed by atoms with Crippen molar-refractivity contribution < 1.29 is 0 Å². The van der Waals surface area contributed by atoms with E-state index in [0.717, 1.165) is 17.0 Å². The highest BCUT2D eigenvalue weighted by molar-refractivity contribution is 7.15. The second-order valence-corrected chi connectivity index (χ2v) is 7.10. The second-order valence-electron chi connectivity index (χ2n) is 5.93. The van der Waals surface area contributed by atoms with Gasteiger partial charge in [-0.25, -0.2) is 5.10 Å². The van der Waals surface area contributed by atoms with Gasteiger partial charge in [-0.15, -0.1) is 11.3 Å². The standard InChI is InChI=1S/C17H23N3OS/c21-17-10-8-15(18-19-17)16-9-7-14(22-16)6-2-1-3-11-20-12-4-5-13-20/h7-10H,1-6,11-13H2,(H,19,21). The van der Waals surface area contributed by atoms with Gasteiger partial charge in [0, 0.05) is 10.9 Å². The zero-order valence-electron chi connectivity index (χ0n) is 12.9. The number of nitrogens with zero attached hydrogens (tertiary/aromatic N) is 2. The molecular weight excluding hydrogens is 294 g/mol. The third kappa shape index (κ3) is 4.27. The van der Waals surface area contributed by atoms with E-state index in [2.05, 4.69) is 27.2 Å². The topological polar surface area (TPSA) is 49.0 Å². The van der Waals surface area contributed by atoms with E-state index in [0.29, 0.717) is 0 Å². The summed E-state index contributed by atoms with van der Waals surface area (Å²) in [6, 6.07) is 7.60. The first-order valence-electron chi connectivity index (χ1n) is 8.18. The lowest BCUT2D eigenvalue weighted by molar-refractivity contribution is 0.328. The minimum Gasteiger partial charge on any atom is -0.303 e. The van der Waals surface area contributed by atoms with Crippen LogP contribution in [0.4, 0.5) is 0 Å². The van der Waals surface area contributed by atoms with Gasteiger partial charge in [-0.2, -0.15) is 5.10 Å². The first-order valence-corrected chi connectivity index (χ1v) is 9.00. The Morgan fingerprint density at radius 3 is 2.73 bits per heavy atom. The van der Waals surface area contributed by atoms with Crippen LogP contribution in [-0.4, -0.2) is 34.7 Å². The normalized spacial score (nSPS) is 15.5. The summed E-state index contributed by atoms with van der Waals surface area (Å²) in [6.45, 7) is 3.89. The van der Waals surface area contributed by atoms with Crippen molar-refractivity contribution in [1.29, 1.82) is 0 Å². The zero-order chi connectivity index (χ0) is 15.2. The number of hydrogen-bond acceptors (Lipinski definition) is 4. The van der Waals surface area contributed by atoms with E-state index in [1.807, 2.05) is 0 Å². The summed E-state index contributed by atoms with van der Waals surface area (Å²) in [5.41, 5.74) is 0.698. The van der Waals surface area contributed by atoms with Crippen LogP contribution in [0.3, 0.4) is 0 Å². The summed E-state index contributed by atoms with van der Waals surface area (Å²) in [7, 11) is 0. The molecule has 0 atom stereocenters. The van der Waals surface area contributed by atoms with Crippen molar-refractivity contribution in [2.24, 2.45) is 0 Å². The Labute approximate surface area is 135 Å². The minimum atomic E-state index is -0.154. The zero-order valence-corrected chi connectivity index (χ0v) is 13.7. The number of aryl methyl sites for hydroxylation is 1. The van der Waals surface area contributed by atoms with Crippen LogP contribution < -0.4 is 5.56 Å². The molecule has 2 aromatic heterocycles. The molecule has 4 nitrogen and oxygen atoms in total. The van der Waals surface area contributed by atoms with Crippen LogP contribution in [0.2, 0.25) is 0 Å². The summed E-state index contributed by atoms with van der Waals surface area (Å²) in [5.74, 6) is 0. The molecule has 0 unspecified atom stereocenters. The number of rotatable bonds is 7. The lowest BCUT2D eigenvalue weighted by atomic mass is 10.1. The molecule has 2 aromatic rings. The van der Waals surface area contributed by atoms with Crippen LogP contribution in [0, 0.1) is 0 Å². The quantitative estimate of drug-likeness (QED) is 0.797. The number of likely N-dealkylation sites (tertiary alicyclic amines) is 1. The summed E-state index contributed by atoms with van der Waals surface area (Å²) in [6.07, 6.45) is 7.80. The fourth-order valence-electron chi connectivity index (χ4n) is 2.95.